The number of nitrogens with zero attached hydrogens (tertiary/aromatic N) is 2. The van der Waals surface area contributed by atoms with Crippen LogP contribution in [0.3, 0.4) is 0 Å². The molecule has 1 fully saturated rings. The normalized spacial score (nSPS) is 27.2. The molecule has 0 spiro atoms. The van der Waals surface area contributed by atoms with Gasteiger partial charge >= 0.3 is 0 Å². The predicted molar refractivity (Wildman–Crippen MR) is 75.9 cm³/mol. The number of rotatable bonds is 4. The van der Waals surface area contributed by atoms with Crippen LogP contribution in [0.1, 0.15) is 38.7 Å². The lowest BCUT2D eigenvalue weighted by atomic mass is 9.93. The Balaban J connectivity index is 2.10. The van der Waals surface area contributed by atoms with Crippen molar-refractivity contribution in [1.82, 2.24) is 9.97 Å². The SMILES string of the molecule is CCC1CCC(Nc2nc(NC)ncc2C)C1C. The topological polar surface area (TPSA) is 49.8 Å². The molecule has 0 aromatic carbocycles. The van der Waals surface area contributed by atoms with Crippen molar-refractivity contribution < 1.29 is 0 Å². The maximum Gasteiger partial charge on any atom is 0.224 e. The van der Waals surface area contributed by atoms with Crippen molar-refractivity contribution in [2.75, 3.05) is 17.7 Å². The minimum Gasteiger partial charge on any atom is -0.367 e. The summed E-state index contributed by atoms with van der Waals surface area (Å²) in [6.45, 7) is 6.70. The summed E-state index contributed by atoms with van der Waals surface area (Å²) in [5.41, 5.74) is 1.11. The van der Waals surface area contributed by atoms with Crippen molar-refractivity contribution in [1.29, 1.82) is 0 Å². The molecule has 0 bridgehead atoms. The Labute approximate surface area is 110 Å². The molecule has 2 rings (SSSR count). The lowest BCUT2D eigenvalue weighted by Crippen LogP contribution is -2.25. The Morgan fingerprint density at radius 3 is 2.78 bits per heavy atom. The third-order valence-corrected chi connectivity index (χ3v) is 4.27. The van der Waals surface area contributed by atoms with Gasteiger partial charge in [-0.25, -0.2) is 4.98 Å². The van der Waals surface area contributed by atoms with Crippen molar-refractivity contribution in [2.45, 2.75) is 46.1 Å². The molecule has 18 heavy (non-hydrogen) atoms. The van der Waals surface area contributed by atoms with Crippen LogP contribution in [0, 0.1) is 18.8 Å². The predicted octanol–water partition coefficient (Wildman–Crippen LogP) is 3.06. The maximum absolute atomic E-state index is 4.51. The van der Waals surface area contributed by atoms with Gasteiger partial charge in [-0.15, -0.1) is 0 Å². The van der Waals surface area contributed by atoms with Gasteiger partial charge in [0.25, 0.3) is 0 Å². The van der Waals surface area contributed by atoms with Crippen molar-refractivity contribution in [3.63, 3.8) is 0 Å². The molecule has 1 saturated carbocycles. The van der Waals surface area contributed by atoms with Gasteiger partial charge in [-0.05, 0) is 31.6 Å². The van der Waals surface area contributed by atoms with E-state index in [2.05, 4.69) is 41.4 Å². The van der Waals surface area contributed by atoms with Gasteiger partial charge in [-0.1, -0.05) is 20.3 Å². The lowest BCUT2D eigenvalue weighted by molar-refractivity contribution is 0.391. The molecule has 1 heterocycles. The molecule has 3 atom stereocenters. The Morgan fingerprint density at radius 1 is 1.39 bits per heavy atom. The van der Waals surface area contributed by atoms with Crippen LogP contribution in [-0.4, -0.2) is 23.1 Å². The zero-order valence-corrected chi connectivity index (χ0v) is 11.8. The lowest BCUT2D eigenvalue weighted by Gasteiger charge is -2.22. The molecule has 1 aromatic rings. The van der Waals surface area contributed by atoms with E-state index >= 15 is 0 Å². The molecule has 1 aliphatic rings. The summed E-state index contributed by atoms with van der Waals surface area (Å²) in [5, 5.41) is 6.60. The Kier molecular flexibility index (Phi) is 4.04. The summed E-state index contributed by atoms with van der Waals surface area (Å²) < 4.78 is 0. The average Bonchev–Trinajstić information content (AvgIpc) is 2.73. The molecule has 4 nitrogen and oxygen atoms in total. The van der Waals surface area contributed by atoms with Gasteiger partial charge in [-0.2, -0.15) is 4.98 Å². The summed E-state index contributed by atoms with van der Waals surface area (Å²) in [4.78, 5) is 8.73. The van der Waals surface area contributed by atoms with Gasteiger partial charge in [0.15, 0.2) is 0 Å². The van der Waals surface area contributed by atoms with Gasteiger partial charge in [0.2, 0.25) is 5.95 Å². The number of anilines is 2. The number of aromatic nitrogens is 2. The smallest absolute Gasteiger partial charge is 0.224 e. The van der Waals surface area contributed by atoms with Crippen LogP contribution in [-0.2, 0) is 0 Å². The molecule has 3 unspecified atom stereocenters. The second kappa shape index (κ2) is 5.55. The summed E-state index contributed by atoms with van der Waals surface area (Å²) in [7, 11) is 1.85. The fraction of sp³-hybridized carbons (Fsp3) is 0.714. The first-order chi connectivity index (χ1) is 8.65. The first-order valence-corrected chi connectivity index (χ1v) is 6.93. The average molecular weight is 248 g/mol. The molecule has 1 aromatic heterocycles. The molecule has 0 aliphatic heterocycles. The minimum absolute atomic E-state index is 0.549. The molecular weight excluding hydrogens is 224 g/mol. The maximum atomic E-state index is 4.51. The monoisotopic (exact) mass is 248 g/mol. The van der Waals surface area contributed by atoms with Crippen LogP contribution < -0.4 is 10.6 Å². The van der Waals surface area contributed by atoms with Crippen LogP contribution in [0.15, 0.2) is 6.20 Å². The largest absolute Gasteiger partial charge is 0.367 e. The molecule has 4 heteroatoms. The highest BCUT2D eigenvalue weighted by Crippen LogP contribution is 2.35. The van der Waals surface area contributed by atoms with E-state index in [-0.39, 0.29) is 0 Å². The van der Waals surface area contributed by atoms with Crippen LogP contribution >= 0.6 is 0 Å². The van der Waals surface area contributed by atoms with Crippen molar-refractivity contribution in [2.24, 2.45) is 11.8 Å². The Hall–Kier alpha value is -1.32. The standard InChI is InChI=1S/C14H24N4/c1-5-11-6-7-12(10(11)3)17-13-9(2)8-16-14(15-4)18-13/h8,10-12H,5-7H2,1-4H3,(H2,15,16,17,18). The van der Waals surface area contributed by atoms with E-state index < -0.39 is 0 Å². The summed E-state index contributed by atoms with van der Waals surface area (Å²) in [6.07, 6.45) is 5.73. The van der Waals surface area contributed by atoms with E-state index in [4.69, 9.17) is 0 Å². The molecule has 1 aliphatic carbocycles. The van der Waals surface area contributed by atoms with Crippen LogP contribution in [0.5, 0.6) is 0 Å². The number of hydrogen-bond donors (Lipinski definition) is 2. The molecule has 0 amide bonds. The van der Waals surface area contributed by atoms with Crippen molar-refractivity contribution in [3.05, 3.63) is 11.8 Å². The molecular formula is C14H24N4. The number of nitrogens with one attached hydrogen (secondary N) is 2. The minimum atomic E-state index is 0.549. The Morgan fingerprint density at radius 2 is 2.17 bits per heavy atom. The van der Waals surface area contributed by atoms with E-state index in [9.17, 15) is 0 Å². The van der Waals surface area contributed by atoms with Gasteiger partial charge < -0.3 is 10.6 Å². The van der Waals surface area contributed by atoms with Crippen LogP contribution in [0.25, 0.3) is 0 Å². The number of hydrogen-bond acceptors (Lipinski definition) is 4. The third-order valence-electron chi connectivity index (χ3n) is 4.27. The fourth-order valence-corrected chi connectivity index (χ4v) is 2.91. The Bertz CT molecular complexity index is 405. The summed E-state index contributed by atoms with van der Waals surface area (Å²) in [6, 6.07) is 0.549. The van der Waals surface area contributed by atoms with E-state index in [1.165, 1.54) is 19.3 Å². The van der Waals surface area contributed by atoms with Gasteiger partial charge in [0, 0.05) is 24.8 Å². The highest BCUT2D eigenvalue weighted by Gasteiger charge is 2.31. The van der Waals surface area contributed by atoms with E-state index in [1.807, 2.05) is 13.2 Å². The highest BCUT2D eigenvalue weighted by molar-refractivity contribution is 5.47. The van der Waals surface area contributed by atoms with Gasteiger partial charge in [-0.3, -0.25) is 0 Å². The third kappa shape index (κ3) is 2.57. The quantitative estimate of drug-likeness (QED) is 0.860. The molecule has 0 radical (unpaired) electrons. The highest BCUT2D eigenvalue weighted by atomic mass is 15.1. The van der Waals surface area contributed by atoms with E-state index in [0.717, 1.165) is 23.2 Å². The molecule has 0 saturated heterocycles. The second-order valence-corrected chi connectivity index (χ2v) is 5.33. The van der Waals surface area contributed by atoms with E-state index in [1.54, 1.807) is 0 Å². The molecule has 100 valence electrons. The van der Waals surface area contributed by atoms with Crippen LogP contribution in [0.4, 0.5) is 11.8 Å². The number of aryl methyl sites for hydroxylation is 1. The van der Waals surface area contributed by atoms with E-state index in [0.29, 0.717) is 12.0 Å². The summed E-state index contributed by atoms with van der Waals surface area (Å²) >= 11 is 0. The van der Waals surface area contributed by atoms with Crippen molar-refractivity contribution >= 4 is 11.8 Å². The van der Waals surface area contributed by atoms with Gasteiger partial charge in [0.05, 0.1) is 0 Å². The zero-order valence-electron chi connectivity index (χ0n) is 11.8. The zero-order chi connectivity index (χ0) is 13.1. The molecule has 2 N–H and O–H groups in total. The van der Waals surface area contributed by atoms with Crippen molar-refractivity contribution in [3.8, 4) is 0 Å². The fourth-order valence-electron chi connectivity index (χ4n) is 2.91. The van der Waals surface area contributed by atoms with Crippen LogP contribution in [0.2, 0.25) is 0 Å². The first kappa shape index (κ1) is 13.1. The van der Waals surface area contributed by atoms with Gasteiger partial charge in [0.1, 0.15) is 5.82 Å². The summed E-state index contributed by atoms with van der Waals surface area (Å²) in [5.74, 6) is 3.24. The first-order valence-electron chi connectivity index (χ1n) is 6.93. The second-order valence-electron chi connectivity index (χ2n) is 5.33.